The molecule has 116 valence electrons. The van der Waals surface area contributed by atoms with Crippen LogP contribution in [0.25, 0.3) is 0 Å². The van der Waals surface area contributed by atoms with E-state index in [1.54, 1.807) is 6.07 Å². The molecule has 1 aliphatic rings. The standard InChI is InChI=1S/C16H23NO4/c1-3-11-5-8-16(9-6-11,15(19)20)17-14(18)12-7-10-21-13(12)4-2/h7,10-11H,3-6,8-9H2,1-2H3,(H,17,18)(H,19,20). The lowest BCUT2D eigenvalue weighted by atomic mass is 9.75. The first-order chi connectivity index (χ1) is 10.0. The predicted octanol–water partition coefficient (Wildman–Crippen LogP) is 3.00. The number of amides is 1. The van der Waals surface area contributed by atoms with E-state index in [9.17, 15) is 14.7 Å². The van der Waals surface area contributed by atoms with Gasteiger partial charge in [0.05, 0.1) is 11.8 Å². The second-order valence-electron chi connectivity index (χ2n) is 5.80. The van der Waals surface area contributed by atoms with Gasteiger partial charge in [0.2, 0.25) is 0 Å². The van der Waals surface area contributed by atoms with Crippen molar-refractivity contribution in [2.75, 3.05) is 0 Å². The Hall–Kier alpha value is -1.78. The summed E-state index contributed by atoms with van der Waals surface area (Å²) in [5, 5.41) is 12.3. The molecular formula is C16H23NO4. The lowest BCUT2D eigenvalue weighted by Gasteiger charge is -2.37. The fourth-order valence-corrected chi connectivity index (χ4v) is 3.07. The quantitative estimate of drug-likeness (QED) is 0.874. The minimum atomic E-state index is -1.13. The number of hydrogen-bond acceptors (Lipinski definition) is 3. The van der Waals surface area contributed by atoms with Crippen LogP contribution in [-0.4, -0.2) is 22.5 Å². The van der Waals surface area contributed by atoms with Crippen molar-refractivity contribution >= 4 is 11.9 Å². The van der Waals surface area contributed by atoms with Gasteiger partial charge in [-0.3, -0.25) is 4.79 Å². The van der Waals surface area contributed by atoms with Gasteiger partial charge in [-0.05, 0) is 37.7 Å². The number of aryl methyl sites for hydroxylation is 1. The molecule has 0 aliphatic heterocycles. The van der Waals surface area contributed by atoms with Crippen molar-refractivity contribution in [2.45, 2.75) is 57.9 Å². The van der Waals surface area contributed by atoms with Gasteiger partial charge in [0, 0.05) is 6.42 Å². The number of carboxylic acids is 1. The third kappa shape index (κ3) is 3.12. The van der Waals surface area contributed by atoms with Crippen LogP contribution in [0.2, 0.25) is 0 Å². The Morgan fingerprint density at radius 3 is 2.57 bits per heavy atom. The predicted molar refractivity (Wildman–Crippen MR) is 78.2 cm³/mol. The molecule has 0 bridgehead atoms. The van der Waals surface area contributed by atoms with Gasteiger partial charge in [-0.2, -0.15) is 0 Å². The van der Waals surface area contributed by atoms with Crippen LogP contribution in [0, 0.1) is 5.92 Å². The molecule has 0 saturated heterocycles. The van der Waals surface area contributed by atoms with E-state index in [1.165, 1.54) is 6.26 Å². The summed E-state index contributed by atoms with van der Waals surface area (Å²) in [6.45, 7) is 4.02. The van der Waals surface area contributed by atoms with E-state index in [4.69, 9.17) is 4.42 Å². The highest BCUT2D eigenvalue weighted by Gasteiger charge is 2.43. The van der Waals surface area contributed by atoms with E-state index < -0.39 is 11.5 Å². The first-order valence-electron chi connectivity index (χ1n) is 7.64. The maximum Gasteiger partial charge on any atom is 0.329 e. The maximum absolute atomic E-state index is 12.4. The van der Waals surface area contributed by atoms with Crippen LogP contribution in [0.1, 0.15) is 62.1 Å². The number of nitrogens with one attached hydrogen (secondary N) is 1. The summed E-state index contributed by atoms with van der Waals surface area (Å²) in [6.07, 6.45) is 5.80. The summed E-state index contributed by atoms with van der Waals surface area (Å²) in [4.78, 5) is 24.1. The van der Waals surface area contributed by atoms with E-state index in [0.717, 1.165) is 19.3 Å². The molecule has 0 radical (unpaired) electrons. The van der Waals surface area contributed by atoms with E-state index in [2.05, 4.69) is 12.2 Å². The molecule has 1 aliphatic carbocycles. The minimum absolute atomic E-state index is 0.349. The lowest BCUT2D eigenvalue weighted by molar-refractivity contribution is -0.146. The molecule has 2 rings (SSSR count). The Morgan fingerprint density at radius 2 is 2.05 bits per heavy atom. The van der Waals surface area contributed by atoms with Crippen molar-refractivity contribution in [3.05, 3.63) is 23.7 Å². The van der Waals surface area contributed by atoms with Crippen molar-refractivity contribution in [1.82, 2.24) is 5.32 Å². The summed E-state index contributed by atoms with van der Waals surface area (Å²) in [5.74, 6) is -0.130. The molecular weight excluding hydrogens is 270 g/mol. The third-order valence-electron chi connectivity index (χ3n) is 4.61. The Bertz CT molecular complexity index is 512. The smallest absolute Gasteiger partial charge is 0.329 e. The average molecular weight is 293 g/mol. The SMILES string of the molecule is CCc1occc1C(=O)NC1(C(=O)O)CCC(CC)CC1. The Kier molecular flexibility index (Phi) is 4.70. The molecule has 1 aromatic heterocycles. The van der Waals surface area contributed by atoms with Gasteiger partial charge in [0.15, 0.2) is 0 Å². The first kappa shape index (κ1) is 15.6. The van der Waals surface area contributed by atoms with Gasteiger partial charge in [-0.25, -0.2) is 4.79 Å². The molecule has 5 heteroatoms. The number of carboxylic acid groups (broad SMARTS) is 1. The molecule has 0 unspecified atom stereocenters. The Labute approximate surface area is 124 Å². The largest absolute Gasteiger partial charge is 0.480 e. The molecule has 0 aromatic carbocycles. The number of furan rings is 1. The fourth-order valence-electron chi connectivity index (χ4n) is 3.07. The van der Waals surface area contributed by atoms with E-state index in [1.807, 2.05) is 6.92 Å². The van der Waals surface area contributed by atoms with Gasteiger partial charge >= 0.3 is 5.97 Å². The second kappa shape index (κ2) is 6.33. The van der Waals surface area contributed by atoms with Crippen molar-refractivity contribution in [2.24, 2.45) is 5.92 Å². The summed E-state index contributed by atoms with van der Waals surface area (Å²) in [7, 11) is 0. The minimum Gasteiger partial charge on any atom is -0.480 e. The average Bonchev–Trinajstić information content (AvgIpc) is 2.96. The van der Waals surface area contributed by atoms with Crippen LogP contribution in [0.15, 0.2) is 16.7 Å². The van der Waals surface area contributed by atoms with Crippen molar-refractivity contribution in [3.63, 3.8) is 0 Å². The number of aliphatic carboxylic acids is 1. The van der Waals surface area contributed by atoms with E-state index >= 15 is 0 Å². The summed E-state index contributed by atoms with van der Waals surface area (Å²) >= 11 is 0. The lowest BCUT2D eigenvalue weighted by Crippen LogP contribution is -2.56. The second-order valence-corrected chi connectivity index (χ2v) is 5.80. The highest BCUT2D eigenvalue weighted by Crippen LogP contribution is 2.34. The topological polar surface area (TPSA) is 79.5 Å². The van der Waals surface area contributed by atoms with Gasteiger partial charge in [0.25, 0.3) is 5.91 Å². The number of carbonyl (C=O) groups is 2. The summed E-state index contributed by atoms with van der Waals surface area (Å²) < 4.78 is 5.24. The highest BCUT2D eigenvalue weighted by atomic mass is 16.4. The van der Waals surface area contributed by atoms with E-state index in [-0.39, 0.29) is 5.91 Å². The summed E-state index contributed by atoms with van der Waals surface area (Å²) in [6, 6.07) is 1.60. The van der Waals surface area contributed by atoms with Crippen LogP contribution >= 0.6 is 0 Å². The summed E-state index contributed by atoms with van der Waals surface area (Å²) in [5.41, 5.74) is -0.693. The molecule has 2 N–H and O–H groups in total. The normalized spacial score (nSPS) is 25.5. The van der Waals surface area contributed by atoms with Crippen LogP contribution in [0.5, 0.6) is 0 Å². The van der Waals surface area contributed by atoms with Gasteiger partial charge in [-0.1, -0.05) is 20.3 Å². The van der Waals surface area contributed by atoms with E-state index in [0.29, 0.717) is 36.5 Å². The van der Waals surface area contributed by atoms with Crippen molar-refractivity contribution in [3.8, 4) is 0 Å². The maximum atomic E-state index is 12.4. The fraction of sp³-hybridized carbons (Fsp3) is 0.625. The monoisotopic (exact) mass is 293 g/mol. The van der Waals surface area contributed by atoms with Crippen LogP contribution in [0.4, 0.5) is 0 Å². The van der Waals surface area contributed by atoms with Crippen molar-refractivity contribution < 1.29 is 19.1 Å². The van der Waals surface area contributed by atoms with Crippen molar-refractivity contribution in [1.29, 1.82) is 0 Å². The molecule has 1 aromatic rings. The third-order valence-corrected chi connectivity index (χ3v) is 4.61. The van der Waals surface area contributed by atoms with Crippen LogP contribution < -0.4 is 5.32 Å². The van der Waals surface area contributed by atoms with Crippen LogP contribution in [0.3, 0.4) is 0 Å². The number of rotatable bonds is 5. The highest BCUT2D eigenvalue weighted by molar-refractivity contribution is 5.98. The molecule has 1 fully saturated rings. The number of carbonyl (C=O) groups excluding carboxylic acids is 1. The van der Waals surface area contributed by atoms with Gasteiger partial charge in [-0.15, -0.1) is 0 Å². The molecule has 5 nitrogen and oxygen atoms in total. The van der Waals surface area contributed by atoms with Gasteiger partial charge in [0.1, 0.15) is 11.3 Å². The Morgan fingerprint density at radius 1 is 1.38 bits per heavy atom. The molecule has 0 atom stereocenters. The van der Waals surface area contributed by atoms with Crippen LogP contribution in [-0.2, 0) is 11.2 Å². The molecule has 21 heavy (non-hydrogen) atoms. The first-order valence-corrected chi connectivity index (χ1v) is 7.64. The zero-order valence-corrected chi connectivity index (χ0v) is 12.6. The molecule has 1 saturated carbocycles. The van der Waals surface area contributed by atoms with Gasteiger partial charge < -0.3 is 14.8 Å². The molecule has 1 heterocycles. The molecule has 1 amide bonds. The zero-order valence-electron chi connectivity index (χ0n) is 12.6. The Balaban J connectivity index is 2.14. The number of hydrogen-bond donors (Lipinski definition) is 2. The molecule has 0 spiro atoms. The zero-order chi connectivity index (χ0) is 15.5.